The molecule has 2 rings (SSSR count). The average molecular weight is 377 g/mol. The maximum atomic E-state index is 12.2. The third-order valence-corrected chi connectivity index (χ3v) is 4.03. The van der Waals surface area contributed by atoms with Crippen LogP contribution in [0.25, 0.3) is 0 Å². The first-order valence-corrected chi connectivity index (χ1v) is 8.97. The highest BCUT2D eigenvalue weighted by molar-refractivity contribution is 5.81. The van der Waals surface area contributed by atoms with Crippen molar-refractivity contribution in [3.63, 3.8) is 0 Å². The molecule has 1 aromatic carbocycles. The van der Waals surface area contributed by atoms with Crippen LogP contribution in [0.2, 0.25) is 0 Å². The second-order valence-corrected chi connectivity index (χ2v) is 6.56. The van der Waals surface area contributed by atoms with Gasteiger partial charge >= 0.3 is 12.1 Å². The minimum Gasteiger partial charge on any atom is -0.464 e. The Morgan fingerprint density at radius 1 is 1.33 bits per heavy atom. The number of benzene rings is 1. The van der Waals surface area contributed by atoms with Crippen LogP contribution in [0.15, 0.2) is 42.5 Å². The van der Waals surface area contributed by atoms with Gasteiger partial charge in [0, 0.05) is 6.42 Å². The molecule has 1 aliphatic heterocycles. The summed E-state index contributed by atoms with van der Waals surface area (Å²) in [4.78, 5) is 24.2. The predicted molar refractivity (Wildman–Crippen MR) is 99.1 cm³/mol. The van der Waals surface area contributed by atoms with E-state index in [4.69, 9.17) is 18.9 Å². The molecule has 0 spiro atoms. The second-order valence-electron chi connectivity index (χ2n) is 6.56. The molecule has 1 aromatic rings. The highest BCUT2D eigenvalue weighted by atomic mass is 16.6. The van der Waals surface area contributed by atoms with Gasteiger partial charge in [-0.15, -0.1) is 0 Å². The van der Waals surface area contributed by atoms with Crippen molar-refractivity contribution in [2.45, 2.75) is 45.1 Å². The van der Waals surface area contributed by atoms with Gasteiger partial charge in [-0.3, -0.25) is 0 Å². The van der Waals surface area contributed by atoms with Crippen molar-refractivity contribution in [3.05, 3.63) is 48.0 Å². The number of carbonyl (C=O) groups excluding carboxylic acids is 2. The van der Waals surface area contributed by atoms with E-state index >= 15 is 0 Å². The number of amides is 1. The van der Waals surface area contributed by atoms with Crippen molar-refractivity contribution in [1.29, 1.82) is 0 Å². The number of alkyl carbamates (subject to hydrolysis) is 1. The third kappa shape index (κ3) is 7.40. The zero-order chi connectivity index (χ0) is 19.6. The number of esters is 1. The molecule has 3 atom stereocenters. The minimum absolute atomic E-state index is 0.0205. The van der Waals surface area contributed by atoms with Crippen molar-refractivity contribution < 1.29 is 28.5 Å². The number of ether oxygens (including phenoxy) is 4. The highest BCUT2D eigenvalue weighted by Gasteiger charge is 2.29. The molecule has 1 saturated heterocycles. The SMILES string of the molecule is C=C(C)CO[C@@H]1CCOC(=O)[C@@H](NC(=O)OCc2ccccc2)CO[C@H]1C. The predicted octanol–water partition coefficient (Wildman–Crippen LogP) is 2.59. The zero-order valence-electron chi connectivity index (χ0n) is 15.8. The minimum atomic E-state index is -0.935. The van der Waals surface area contributed by atoms with Gasteiger partial charge < -0.3 is 24.3 Å². The smallest absolute Gasteiger partial charge is 0.408 e. The fraction of sp³-hybridized carbons (Fsp3) is 0.500. The van der Waals surface area contributed by atoms with E-state index < -0.39 is 18.1 Å². The fourth-order valence-electron chi connectivity index (χ4n) is 2.51. The topological polar surface area (TPSA) is 83.1 Å². The molecular weight excluding hydrogens is 350 g/mol. The summed E-state index contributed by atoms with van der Waals surface area (Å²) in [6.45, 7) is 8.24. The van der Waals surface area contributed by atoms with Gasteiger partial charge in [-0.1, -0.05) is 42.5 Å². The van der Waals surface area contributed by atoms with E-state index in [2.05, 4.69) is 11.9 Å². The summed E-state index contributed by atoms with van der Waals surface area (Å²) < 4.78 is 21.9. The van der Waals surface area contributed by atoms with E-state index in [-0.39, 0.29) is 32.0 Å². The molecule has 0 aromatic heterocycles. The number of hydrogen-bond donors (Lipinski definition) is 1. The summed E-state index contributed by atoms with van der Waals surface area (Å²) in [5, 5.41) is 2.50. The van der Waals surface area contributed by atoms with Gasteiger partial charge in [0.1, 0.15) is 6.61 Å². The molecule has 0 radical (unpaired) electrons. The Morgan fingerprint density at radius 3 is 2.78 bits per heavy atom. The monoisotopic (exact) mass is 377 g/mol. The van der Waals surface area contributed by atoms with Crippen molar-refractivity contribution in [1.82, 2.24) is 5.32 Å². The van der Waals surface area contributed by atoms with Gasteiger partial charge in [-0.25, -0.2) is 9.59 Å². The van der Waals surface area contributed by atoms with E-state index in [0.29, 0.717) is 13.0 Å². The lowest BCUT2D eigenvalue weighted by Gasteiger charge is -2.24. The first kappa shape index (κ1) is 20.9. The van der Waals surface area contributed by atoms with Crippen molar-refractivity contribution >= 4 is 12.1 Å². The lowest BCUT2D eigenvalue weighted by molar-refractivity contribution is -0.147. The van der Waals surface area contributed by atoms with Crippen LogP contribution in [0.3, 0.4) is 0 Å². The van der Waals surface area contributed by atoms with Crippen LogP contribution in [-0.4, -0.2) is 50.1 Å². The van der Waals surface area contributed by atoms with Gasteiger partial charge in [0.05, 0.1) is 32.0 Å². The Morgan fingerprint density at radius 2 is 2.07 bits per heavy atom. The molecule has 0 aliphatic carbocycles. The van der Waals surface area contributed by atoms with Crippen LogP contribution in [0, 0.1) is 0 Å². The Balaban J connectivity index is 1.86. The van der Waals surface area contributed by atoms with E-state index in [9.17, 15) is 9.59 Å². The van der Waals surface area contributed by atoms with Crippen LogP contribution in [0.5, 0.6) is 0 Å². The molecule has 7 heteroatoms. The standard InChI is InChI=1S/C20H27NO6/c1-14(2)11-26-18-9-10-24-19(22)17(13-25-15(18)3)21-20(23)27-12-16-7-5-4-6-8-16/h4-8,15,17-18H,1,9-13H2,2-3H3,(H,21,23)/t15-,17-,18+/m0/s1. The molecule has 0 saturated carbocycles. The maximum Gasteiger partial charge on any atom is 0.408 e. The quantitative estimate of drug-likeness (QED) is 0.606. The summed E-state index contributed by atoms with van der Waals surface area (Å²) in [7, 11) is 0. The summed E-state index contributed by atoms with van der Waals surface area (Å²) >= 11 is 0. The Hall–Kier alpha value is -2.38. The molecule has 1 aliphatic rings. The van der Waals surface area contributed by atoms with Gasteiger partial charge in [-0.2, -0.15) is 0 Å². The number of hydrogen-bond acceptors (Lipinski definition) is 6. The first-order valence-electron chi connectivity index (χ1n) is 8.97. The number of cyclic esters (lactones) is 1. The summed E-state index contributed by atoms with van der Waals surface area (Å²) in [5.74, 6) is -0.556. The molecule has 27 heavy (non-hydrogen) atoms. The number of rotatable bonds is 6. The molecular formula is C20H27NO6. The van der Waals surface area contributed by atoms with Crippen molar-refractivity contribution in [2.75, 3.05) is 19.8 Å². The normalized spacial score (nSPS) is 23.3. The molecule has 1 fully saturated rings. The Labute approximate surface area is 159 Å². The Kier molecular flexibility index (Phi) is 8.29. The van der Waals surface area contributed by atoms with Crippen LogP contribution >= 0.6 is 0 Å². The van der Waals surface area contributed by atoms with Crippen molar-refractivity contribution in [2.24, 2.45) is 0 Å². The van der Waals surface area contributed by atoms with Gasteiger partial charge in [0.15, 0.2) is 6.04 Å². The molecule has 1 amide bonds. The lowest BCUT2D eigenvalue weighted by atomic mass is 10.1. The summed E-state index contributed by atoms with van der Waals surface area (Å²) in [6, 6.07) is 8.34. The number of nitrogens with one attached hydrogen (secondary N) is 1. The first-order chi connectivity index (χ1) is 13.0. The van der Waals surface area contributed by atoms with Gasteiger partial charge in [0.2, 0.25) is 0 Å². The van der Waals surface area contributed by atoms with Crippen LogP contribution in [0.4, 0.5) is 4.79 Å². The summed E-state index contributed by atoms with van der Waals surface area (Å²) in [6.07, 6.45) is -0.682. The highest BCUT2D eigenvalue weighted by Crippen LogP contribution is 2.13. The molecule has 148 valence electrons. The van der Waals surface area contributed by atoms with Gasteiger partial charge in [0.25, 0.3) is 0 Å². The second kappa shape index (κ2) is 10.7. The molecule has 0 unspecified atom stereocenters. The van der Waals surface area contributed by atoms with Crippen LogP contribution in [0.1, 0.15) is 25.8 Å². The largest absolute Gasteiger partial charge is 0.464 e. The Bertz CT molecular complexity index is 633. The van der Waals surface area contributed by atoms with E-state index in [1.165, 1.54) is 0 Å². The fourth-order valence-corrected chi connectivity index (χ4v) is 2.51. The van der Waals surface area contributed by atoms with E-state index in [1.54, 1.807) is 0 Å². The van der Waals surface area contributed by atoms with E-state index in [1.807, 2.05) is 44.2 Å². The molecule has 7 nitrogen and oxygen atoms in total. The van der Waals surface area contributed by atoms with Crippen LogP contribution in [-0.2, 0) is 30.3 Å². The molecule has 0 bridgehead atoms. The molecule has 1 N–H and O–H groups in total. The average Bonchev–Trinajstić information content (AvgIpc) is 2.71. The number of carbonyl (C=O) groups is 2. The van der Waals surface area contributed by atoms with Crippen molar-refractivity contribution in [3.8, 4) is 0 Å². The zero-order valence-corrected chi connectivity index (χ0v) is 15.8. The van der Waals surface area contributed by atoms with Gasteiger partial charge in [-0.05, 0) is 19.4 Å². The lowest BCUT2D eigenvalue weighted by Crippen LogP contribution is -2.45. The molecule has 1 heterocycles. The summed E-state index contributed by atoms with van der Waals surface area (Å²) in [5.41, 5.74) is 1.76. The van der Waals surface area contributed by atoms with Crippen LogP contribution < -0.4 is 5.32 Å². The maximum absolute atomic E-state index is 12.2. The van der Waals surface area contributed by atoms with E-state index in [0.717, 1.165) is 11.1 Å². The third-order valence-electron chi connectivity index (χ3n) is 4.03.